The minimum absolute atomic E-state index is 0.259. The third-order valence-corrected chi connectivity index (χ3v) is 4.72. The van der Waals surface area contributed by atoms with Gasteiger partial charge in [0.05, 0.1) is 0 Å². The van der Waals surface area contributed by atoms with E-state index in [1.807, 2.05) is 29.2 Å². The number of carbonyl (C=O) groups excluding carboxylic acids is 1. The van der Waals surface area contributed by atoms with Gasteiger partial charge < -0.3 is 9.80 Å². The molecule has 0 saturated carbocycles. The summed E-state index contributed by atoms with van der Waals surface area (Å²) in [4.78, 5) is 16.7. The number of nitrogens with zero attached hydrogens (tertiary/aromatic N) is 2. The summed E-state index contributed by atoms with van der Waals surface area (Å²) in [5, 5.41) is 0.758. The van der Waals surface area contributed by atoms with Crippen LogP contribution in [-0.2, 0) is 11.2 Å². The van der Waals surface area contributed by atoms with Crippen molar-refractivity contribution in [1.29, 1.82) is 0 Å². The quantitative estimate of drug-likeness (QED) is 0.852. The highest BCUT2D eigenvalue weighted by molar-refractivity contribution is 6.31. The average Bonchev–Trinajstić information content (AvgIpc) is 2.72. The number of rotatable bonds is 4. The molecule has 2 rings (SSSR count). The number of hydrogen-bond acceptors (Lipinski definition) is 2. The normalized spacial score (nSPS) is 19.6. The summed E-state index contributed by atoms with van der Waals surface area (Å²) in [6.07, 6.45) is 4.63. The summed E-state index contributed by atoms with van der Waals surface area (Å²) in [6.45, 7) is 1.77. The molecule has 1 saturated heterocycles. The predicted octanol–water partition coefficient (Wildman–Crippen LogP) is 3.22. The summed E-state index contributed by atoms with van der Waals surface area (Å²) >= 11 is 6.14. The molecule has 0 bridgehead atoms. The Morgan fingerprint density at radius 2 is 2.05 bits per heavy atom. The van der Waals surface area contributed by atoms with Gasteiger partial charge in [0.2, 0.25) is 5.91 Å². The second-order valence-electron chi connectivity index (χ2n) is 6.02. The molecule has 0 spiro atoms. The Morgan fingerprint density at radius 1 is 1.29 bits per heavy atom. The maximum Gasteiger partial charge on any atom is 0.222 e. The predicted molar refractivity (Wildman–Crippen MR) is 87.7 cm³/mol. The average molecular weight is 309 g/mol. The molecule has 0 aromatic heterocycles. The Bertz CT molecular complexity index is 476. The third kappa shape index (κ3) is 4.72. The first-order valence-electron chi connectivity index (χ1n) is 7.75. The topological polar surface area (TPSA) is 23.6 Å². The standard InChI is InChI=1S/C17H25ClN2O/c1-19(2)15-7-5-12-20(13-11-15)17(21)10-9-14-6-3-4-8-16(14)18/h3-4,6,8,15H,5,7,9-13H2,1-2H3/t15-/m1/s1. The van der Waals surface area contributed by atoms with Crippen molar-refractivity contribution in [2.24, 2.45) is 0 Å². The molecule has 1 aliphatic heterocycles. The molecule has 0 radical (unpaired) electrons. The summed E-state index contributed by atoms with van der Waals surface area (Å²) in [6, 6.07) is 8.38. The molecule has 0 N–H and O–H groups in total. The number of likely N-dealkylation sites (tertiary alicyclic amines) is 1. The van der Waals surface area contributed by atoms with Crippen LogP contribution in [0.4, 0.5) is 0 Å². The highest BCUT2D eigenvalue weighted by atomic mass is 35.5. The number of halogens is 1. The highest BCUT2D eigenvalue weighted by Gasteiger charge is 2.21. The van der Waals surface area contributed by atoms with Gasteiger partial charge in [0.25, 0.3) is 0 Å². The zero-order valence-electron chi connectivity index (χ0n) is 13.0. The molecular formula is C17H25ClN2O. The van der Waals surface area contributed by atoms with E-state index < -0.39 is 0 Å². The van der Waals surface area contributed by atoms with Gasteiger partial charge in [-0.3, -0.25) is 4.79 Å². The fourth-order valence-electron chi connectivity index (χ4n) is 2.95. The van der Waals surface area contributed by atoms with E-state index in [1.165, 1.54) is 6.42 Å². The Balaban J connectivity index is 1.85. The molecule has 1 atom stereocenters. The van der Waals surface area contributed by atoms with E-state index in [9.17, 15) is 4.79 Å². The van der Waals surface area contributed by atoms with E-state index in [0.29, 0.717) is 12.5 Å². The van der Waals surface area contributed by atoms with Crippen LogP contribution in [0.5, 0.6) is 0 Å². The van der Waals surface area contributed by atoms with Gasteiger partial charge in [-0.25, -0.2) is 0 Å². The van der Waals surface area contributed by atoms with E-state index in [4.69, 9.17) is 11.6 Å². The van der Waals surface area contributed by atoms with Crippen molar-refractivity contribution < 1.29 is 4.79 Å². The molecule has 1 aromatic rings. The monoisotopic (exact) mass is 308 g/mol. The second kappa shape index (κ2) is 7.81. The number of hydrogen-bond donors (Lipinski definition) is 0. The summed E-state index contributed by atoms with van der Waals surface area (Å²) in [7, 11) is 4.25. The molecule has 0 unspecified atom stereocenters. The lowest BCUT2D eigenvalue weighted by molar-refractivity contribution is -0.131. The second-order valence-corrected chi connectivity index (χ2v) is 6.43. The fourth-order valence-corrected chi connectivity index (χ4v) is 3.18. The molecule has 1 aromatic carbocycles. The zero-order chi connectivity index (χ0) is 15.2. The van der Waals surface area contributed by atoms with Crippen molar-refractivity contribution in [3.05, 3.63) is 34.9 Å². The Hall–Kier alpha value is -1.06. The van der Waals surface area contributed by atoms with Crippen molar-refractivity contribution in [3.8, 4) is 0 Å². The lowest BCUT2D eigenvalue weighted by Gasteiger charge is -2.23. The molecule has 116 valence electrons. The van der Waals surface area contributed by atoms with Crippen molar-refractivity contribution in [1.82, 2.24) is 9.80 Å². The third-order valence-electron chi connectivity index (χ3n) is 4.35. The Morgan fingerprint density at radius 3 is 2.76 bits per heavy atom. The van der Waals surface area contributed by atoms with E-state index in [1.54, 1.807) is 0 Å². The van der Waals surface area contributed by atoms with E-state index in [2.05, 4.69) is 19.0 Å². The maximum atomic E-state index is 12.4. The summed E-state index contributed by atoms with van der Waals surface area (Å²) < 4.78 is 0. The summed E-state index contributed by atoms with van der Waals surface area (Å²) in [5.41, 5.74) is 1.06. The van der Waals surface area contributed by atoms with Gasteiger partial charge in [-0.1, -0.05) is 29.8 Å². The lowest BCUT2D eigenvalue weighted by Crippen LogP contribution is -2.33. The van der Waals surface area contributed by atoms with Crippen molar-refractivity contribution in [2.45, 2.75) is 38.1 Å². The number of benzene rings is 1. The largest absolute Gasteiger partial charge is 0.343 e. The SMILES string of the molecule is CN(C)[C@@H]1CCCN(C(=O)CCc2ccccc2Cl)CC1. The zero-order valence-corrected chi connectivity index (χ0v) is 13.8. The molecular weight excluding hydrogens is 284 g/mol. The van der Waals surface area contributed by atoms with Gasteiger partial charge >= 0.3 is 0 Å². The van der Waals surface area contributed by atoms with E-state index in [-0.39, 0.29) is 5.91 Å². The molecule has 4 heteroatoms. The van der Waals surface area contributed by atoms with Crippen LogP contribution in [0.1, 0.15) is 31.2 Å². The molecule has 21 heavy (non-hydrogen) atoms. The number of aryl methyl sites for hydroxylation is 1. The molecule has 1 fully saturated rings. The molecule has 1 heterocycles. The van der Waals surface area contributed by atoms with E-state index in [0.717, 1.165) is 42.9 Å². The van der Waals surface area contributed by atoms with Gasteiger partial charge in [0.15, 0.2) is 0 Å². The van der Waals surface area contributed by atoms with Crippen LogP contribution in [0.3, 0.4) is 0 Å². The maximum absolute atomic E-state index is 12.4. The van der Waals surface area contributed by atoms with Crippen LogP contribution < -0.4 is 0 Å². The fraction of sp³-hybridized carbons (Fsp3) is 0.588. The van der Waals surface area contributed by atoms with Gasteiger partial charge in [-0.2, -0.15) is 0 Å². The van der Waals surface area contributed by atoms with Crippen molar-refractivity contribution in [3.63, 3.8) is 0 Å². The molecule has 1 aliphatic rings. The van der Waals surface area contributed by atoms with Crippen LogP contribution >= 0.6 is 11.6 Å². The number of amides is 1. The van der Waals surface area contributed by atoms with Crippen LogP contribution in [0.25, 0.3) is 0 Å². The van der Waals surface area contributed by atoms with Crippen LogP contribution in [0, 0.1) is 0 Å². The van der Waals surface area contributed by atoms with Gasteiger partial charge in [-0.05, 0) is 51.4 Å². The molecule has 3 nitrogen and oxygen atoms in total. The molecule has 1 amide bonds. The first kappa shape index (κ1) is 16.3. The van der Waals surface area contributed by atoms with Crippen LogP contribution in [-0.4, -0.2) is 48.9 Å². The number of carbonyl (C=O) groups is 1. The lowest BCUT2D eigenvalue weighted by atomic mass is 10.1. The van der Waals surface area contributed by atoms with Crippen LogP contribution in [0.15, 0.2) is 24.3 Å². The minimum Gasteiger partial charge on any atom is -0.343 e. The first-order chi connectivity index (χ1) is 10.1. The van der Waals surface area contributed by atoms with Crippen molar-refractivity contribution >= 4 is 17.5 Å². The molecule has 0 aliphatic carbocycles. The smallest absolute Gasteiger partial charge is 0.222 e. The first-order valence-corrected chi connectivity index (χ1v) is 8.13. The van der Waals surface area contributed by atoms with E-state index >= 15 is 0 Å². The Labute approximate surface area is 132 Å². The van der Waals surface area contributed by atoms with Crippen LogP contribution in [0.2, 0.25) is 5.02 Å². The van der Waals surface area contributed by atoms with Gasteiger partial charge in [-0.15, -0.1) is 0 Å². The summed E-state index contributed by atoms with van der Waals surface area (Å²) in [5.74, 6) is 0.259. The minimum atomic E-state index is 0.259. The van der Waals surface area contributed by atoms with Crippen molar-refractivity contribution in [2.75, 3.05) is 27.2 Å². The highest BCUT2D eigenvalue weighted by Crippen LogP contribution is 2.19. The van der Waals surface area contributed by atoms with Gasteiger partial charge in [0.1, 0.15) is 0 Å². The Kier molecular flexibility index (Phi) is 6.07. The van der Waals surface area contributed by atoms with Gasteiger partial charge in [0, 0.05) is 30.6 Å².